The molecular formula is C26H32Cl2SiZr-2. The molecule has 1 aliphatic carbocycles. The van der Waals surface area contributed by atoms with Gasteiger partial charge in [-0.3, -0.25) is 0 Å². The molecule has 3 aromatic carbocycles. The van der Waals surface area contributed by atoms with Crippen LogP contribution in [0.3, 0.4) is 0 Å². The second-order valence-electron chi connectivity index (χ2n) is 9.29. The Balaban J connectivity index is 0.000000809. The van der Waals surface area contributed by atoms with E-state index in [2.05, 4.69) is 77.9 Å². The molecule has 0 aromatic heterocycles. The molecule has 0 bridgehead atoms. The van der Waals surface area contributed by atoms with Gasteiger partial charge in [0.1, 0.15) is 0 Å². The van der Waals surface area contributed by atoms with Crippen LogP contribution in [0.1, 0.15) is 63.8 Å². The molecule has 4 heteroatoms. The molecule has 1 aliphatic rings. The second-order valence-corrected chi connectivity index (χ2v) is 9.29. The van der Waals surface area contributed by atoms with Gasteiger partial charge in [-0.2, -0.15) is 47.5 Å². The summed E-state index contributed by atoms with van der Waals surface area (Å²) in [6.07, 6.45) is 1.03. The zero-order valence-electron chi connectivity index (χ0n) is 18.9. The van der Waals surface area contributed by atoms with Crippen LogP contribution in [0.4, 0.5) is 0 Å². The molecule has 0 nitrogen and oxygen atoms in total. The minimum atomic E-state index is 0. The van der Waals surface area contributed by atoms with Crippen LogP contribution in [0.2, 0.25) is 0 Å². The largest absolute Gasteiger partial charge is 0.214 e. The standard InChI is InChI=1S/C21H25.C5H5.2ClH.H2Si.Zr/c1-20(2,3)16-9-7-14-11-15-8-10-17(21(4,5)6)13-19(15)18(14)12-16;1-2-4-5-3-1;;;;/h7,9-10,12-13H,11H2,1-6H3;1-5H;2*1H;1H2;/q2*-1;;;;+2/p-2. The minimum absolute atomic E-state index is 0. The number of benzene rings is 2. The molecule has 0 aliphatic heterocycles. The summed E-state index contributed by atoms with van der Waals surface area (Å²) < 4.78 is 0. The van der Waals surface area contributed by atoms with Crippen molar-refractivity contribution >= 4 is 6.88 Å². The van der Waals surface area contributed by atoms with Crippen molar-refractivity contribution in [2.45, 2.75) is 58.8 Å². The van der Waals surface area contributed by atoms with Gasteiger partial charge < -0.3 is 24.8 Å². The zero-order chi connectivity index (χ0) is 20.9. The van der Waals surface area contributed by atoms with Crippen LogP contribution in [-0.4, -0.2) is 6.88 Å². The van der Waals surface area contributed by atoms with E-state index in [1.165, 1.54) is 33.4 Å². The van der Waals surface area contributed by atoms with Crippen molar-refractivity contribution in [1.29, 1.82) is 0 Å². The van der Waals surface area contributed by atoms with Crippen molar-refractivity contribution in [3.8, 4) is 11.1 Å². The third kappa shape index (κ3) is 7.56. The molecule has 160 valence electrons. The average Bonchev–Trinajstić information content (AvgIpc) is 3.32. The number of halogens is 2. The Labute approximate surface area is 212 Å². The summed E-state index contributed by atoms with van der Waals surface area (Å²) in [6, 6.07) is 25.1. The van der Waals surface area contributed by atoms with Gasteiger partial charge in [-0.1, -0.05) is 76.3 Å². The van der Waals surface area contributed by atoms with E-state index in [-0.39, 0.29) is 35.6 Å². The van der Waals surface area contributed by atoms with Gasteiger partial charge >= 0.3 is 30.2 Å². The van der Waals surface area contributed by atoms with Gasteiger partial charge in [-0.25, -0.2) is 12.1 Å². The summed E-state index contributed by atoms with van der Waals surface area (Å²) in [6.45, 7) is 15.6. The number of fused-ring (bicyclic) bond motifs is 3. The van der Waals surface area contributed by atoms with Crippen molar-refractivity contribution in [3.05, 3.63) is 89.0 Å². The summed E-state index contributed by atoms with van der Waals surface area (Å²) in [7, 11) is 0. The summed E-state index contributed by atoms with van der Waals surface area (Å²) in [5.41, 5.74) is 8.76. The van der Waals surface area contributed by atoms with Crippen LogP contribution in [0.25, 0.3) is 11.1 Å². The Morgan fingerprint density at radius 1 is 0.833 bits per heavy atom. The van der Waals surface area contributed by atoms with Crippen LogP contribution in [0.15, 0.2) is 60.7 Å². The molecule has 30 heavy (non-hydrogen) atoms. The van der Waals surface area contributed by atoms with Gasteiger partial charge in [0.25, 0.3) is 0 Å². The van der Waals surface area contributed by atoms with Crippen LogP contribution in [-0.2, 0) is 40.6 Å². The van der Waals surface area contributed by atoms with Crippen LogP contribution < -0.4 is 24.8 Å². The van der Waals surface area contributed by atoms with Gasteiger partial charge in [0.2, 0.25) is 0 Å². The average molecular weight is 535 g/mol. The third-order valence-electron chi connectivity index (χ3n) is 5.08. The molecule has 4 rings (SSSR count). The van der Waals surface area contributed by atoms with Crippen LogP contribution in [0, 0.1) is 6.07 Å². The normalized spacial score (nSPS) is 11.3. The number of rotatable bonds is 0. The van der Waals surface area contributed by atoms with E-state index in [4.69, 9.17) is 0 Å². The first-order valence-electron chi connectivity index (χ1n) is 9.87. The fraction of sp³-hybridized carbons (Fsp3) is 0.346. The molecule has 0 atom stereocenters. The molecule has 0 fully saturated rings. The molecular weight excluding hydrogens is 503 g/mol. The predicted molar refractivity (Wildman–Crippen MR) is 121 cm³/mol. The van der Waals surface area contributed by atoms with Gasteiger partial charge in [0.05, 0.1) is 0 Å². The molecule has 0 N–H and O–H groups in total. The maximum absolute atomic E-state index is 3.53. The summed E-state index contributed by atoms with van der Waals surface area (Å²) >= 11 is 1.58. The SMILES string of the molecule is CC(C)(C)c1c[c-]c2c(c1)-c1cc(C(C)(C)C)ccc1C2.[Cl-].[Cl-].[SiH2]=[Zr+2].c1cc[cH-]c1. The van der Waals surface area contributed by atoms with E-state index in [1.54, 1.807) is 23.3 Å². The first kappa shape index (κ1) is 29.5. The maximum Gasteiger partial charge on any atom is -0.172 e. The van der Waals surface area contributed by atoms with E-state index in [0.29, 0.717) is 0 Å². The van der Waals surface area contributed by atoms with Crippen molar-refractivity contribution in [2.75, 3.05) is 0 Å². The van der Waals surface area contributed by atoms with Crippen molar-refractivity contribution < 1.29 is 48.1 Å². The minimum Gasteiger partial charge on any atom is -0.214 e. The van der Waals surface area contributed by atoms with E-state index in [0.717, 1.165) is 6.42 Å². The maximum atomic E-state index is 3.53. The monoisotopic (exact) mass is 532 g/mol. The quantitative estimate of drug-likeness (QED) is 0.223. The van der Waals surface area contributed by atoms with Crippen LogP contribution >= 0.6 is 0 Å². The van der Waals surface area contributed by atoms with E-state index in [9.17, 15) is 0 Å². The fourth-order valence-electron chi connectivity index (χ4n) is 3.31. The van der Waals surface area contributed by atoms with Crippen molar-refractivity contribution in [2.24, 2.45) is 0 Å². The Morgan fingerprint density at radius 3 is 1.83 bits per heavy atom. The molecule has 0 saturated carbocycles. The summed E-state index contributed by atoms with van der Waals surface area (Å²) in [5, 5.41) is 0. The first-order chi connectivity index (χ1) is 13.2. The Morgan fingerprint density at radius 2 is 1.37 bits per heavy atom. The topological polar surface area (TPSA) is 0 Å². The Bertz CT molecular complexity index is 825. The Kier molecular flexibility index (Phi) is 12.3. The molecule has 0 radical (unpaired) electrons. The molecule has 0 amide bonds. The second kappa shape index (κ2) is 12.5. The van der Waals surface area contributed by atoms with E-state index >= 15 is 0 Å². The smallest absolute Gasteiger partial charge is 0.172 e. The number of hydrogen-bond acceptors (Lipinski definition) is 0. The third-order valence-corrected chi connectivity index (χ3v) is 5.08. The summed E-state index contributed by atoms with van der Waals surface area (Å²) in [5.74, 6) is 0. The van der Waals surface area contributed by atoms with Crippen molar-refractivity contribution in [1.82, 2.24) is 0 Å². The Hall–Kier alpha value is -0.530. The molecule has 0 spiro atoms. The van der Waals surface area contributed by atoms with Gasteiger partial charge in [0, 0.05) is 0 Å². The molecule has 0 saturated heterocycles. The predicted octanol–water partition coefficient (Wildman–Crippen LogP) is 0.148. The van der Waals surface area contributed by atoms with Crippen molar-refractivity contribution in [3.63, 3.8) is 0 Å². The fourth-order valence-corrected chi connectivity index (χ4v) is 3.31. The molecule has 0 unspecified atom stereocenters. The van der Waals surface area contributed by atoms with E-state index in [1.807, 2.05) is 37.2 Å². The van der Waals surface area contributed by atoms with Crippen LogP contribution in [0.5, 0.6) is 0 Å². The van der Waals surface area contributed by atoms with E-state index < -0.39 is 0 Å². The summed E-state index contributed by atoms with van der Waals surface area (Å²) in [4.78, 5) is 0. The van der Waals surface area contributed by atoms with Gasteiger partial charge in [0.15, 0.2) is 0 Å². The zero-order valence-corrected chi connectivity index (χ0v) is 24.3. The van der Waals surface area contributed by atoms with Gasteiger partial charge in [-0.05, 0) is 17.4 Å². The van der Waals surface area contributed by atoms with Gasteiger partial charge in [-0.15, -0.1) is 5.56 Å². The first-order valence-corrected chi connectivity index (χ1v) is 15.8. The molecule has 0 heterocycles. The number of hydrogen-bond donors (Lipinski definition) is 0. The molecule has 3 aromatic rings.